The molecule has 2 aromatic rings. The van der Waals surface area contributed by atoms with Crippen LogP contribution in [0.5, 0.6) is 0 Å². The Morgan fingerprint density at radius 2 is 1.76 bits per heavy atom. The maximum atomic E-state index is 4.76. The van der Waals surface area contributed by atoms with E-state index in [1.165, 1.54) is 44.8 Å². The highest BCUT2D eigenvalue weighted by Crippen LogP contribution is 2.39. The van der Waals surface area contributed by atoms with Crippen LogP contribution in [-0.4, -0.2) is 4.98 Å². The predicted molar refractivity (Wildman–Crippen MR) is 71.4 cm³/mol. The molecule has 86 valence electrons. The summed E-state index contributed by atoms with van der Waals surface area (Å²) in [5.74, 6) is 0. The topological polar surface area (TPSA) is 12.9 Å². The van der Waals surface area contributed by atoms with E-state index in [2.05, 4.69) is 45.9 Å². The summed E-state index contributed by atoms with van der Waals surface area (Å²) < 4.78 is 0. The molecule has 0 amide bonds. The molecule has 1 heterocycles. The third-order valence-electron chi connectivity index (χ3n) is 3.96. The Hall–Kier alpha value is -1.63. The number of pyridine rings is 1. The highest BCUT2D eigenvalue weighted by molar-refractivity contribution is 5.79. The van der Waals surface area contributed by atoms with Gasteiger partial charge in [-0.05, 0) is 49.9 Å². The molecule has 0 fully saturated rings. The van der Waals surface area contributed by atoms with Gasteiger partial charge in [0.2, 0.25) is 0 Å². The lowest BCUT2D eigenvalue weighted by Crippen LogP contribution is -1.97. The van der Waals surface area contributed by atoms with Crippen molar-refractivity contribution in [3.8, 4) is 11.1 Å². The van der Waals surface area contributed by atoms with E-state index in [9.17, 15) is 0 Å². The van der Waals surface area contributed by atoms with Gasteiger partial charge in [-0.3, -0.25) is 4.98 Å². The minimum Gasteiger partial charge on any atom is -0.257 e. The van der Waals surface area contributed by atoms with Crippen LogP contribution in [0.25, 0.3) is 11.1 Å². The molecule has 1 aromatic carbocycles. The van der Waals surface area contributed by atoms with E-state index in [0.717, 1.165) is 6.42 Å². The Labute approximate surface area is 103 Å². The van der Waals surface area contributed by atoms with Crippen molar-refractivity contribution in [2.45, 2.75) is 34.1 Å². The van der Waals surface area contributed by atoms with Gasteiger partial charge in [-0.25, -0.2) is 0 Å². The van der Waals surface area contributed by atoms with Gasteiger partial charge in [0.1, 0.15) is 0 Å². The molecule has 1 heteroatoms. The van der Waals surface area contributed by atoms with E-state index in [1.54, 1.807) is 0 Å². The van der Waals surface area contributed by atoms with Crippen LogP contribution in [0.3, 0.4) is 0 Å². The number of benzene rings is 1. The number of fused-ring (bicyclic) bond motifs is 3. The zero-order valence-electron chi connectivity index (χ0n) is 10.9. The zero-order chi connectivity index (χ0) is 12.2. The number of hydrogen-bond donors (Lipinski definition) is 0. The van der Waals surface area contributed by atoms with E-state index >= 15 is 0 Å². The average molecular weight is 223 g/mol. The summed E-state index contributed by atoms with van der Waals surface area (Å²) in [6.07, 6.45) is 0.994. The first-order valence-electron chi connectivity index (χ1n) is 6.14. The van der Waals surface area contributed by atoms with E-state index < -0.39 is 0 Å². The Balaban J connectivity index is 2.32. The van der Waals surface area contributed by atoms with Crippen molar-refractivity contribution >= 4 is 0 Å². The second-order valence-electron chi connectivity index (χ2n) is 5.11. The largest absolute Gasteiger partial charge is 0.257 e. The molecule has 0 unspecified atom stereocenters. The number of aryl methyl sites for hydroxylation is 2. The molecule has 0 aliphatic heterocycles. The predicted octanol–water partition coefficient (Wildman–Crippen LogP) is 3.89. The summed E-state index contributed by atoms with van der Waals surface area (Å²) in [6.45, 7) is 8.65. The Bertz CT molecular complexity index is 624. The van der Waals surface area contributed by atoms with Gasteiger partial charge in [0.05, 0.1) is 5.69 Å². The van der Waals surface area contributed by atoms with Crippen molar-refractivity contribution < 1.29 is 0 Å². The van der Waals surface area contributed by atoms with Crippen LogP contribution in [0.1, 0.15) is 33.6 Å². The van der Waals surface area contributed by atoms with Crippen LogP contribution in [0.2, 0.25) is 0 Å². The van der Waals surface area contributed by atoms with Gasteiger partial charge in [0, 0.05) is 17.7 Å². The van der Waals surface area contributed by atoms with E-state index in [1.807, 2.05) is 0 Å². The van der Waals surface area contributed by atoms with Crippen molar-refractivity contribution in [2.75, 3.05) is 0 Å². The Kier molecular flexibility index (Phi) is 2.12. The SMILES string of the molecule is Cc1ccc2c(c1)Cc1nc(C)c(C)c(C)c1-2. The fourth-order valence-corrected chi connectivity index (χ4v) is 2.80. The minimum absolute atomic E-state index is 0.994. The first-order chi connectivity index (χ1) is 8.08. The van der Waals surface area contributed by atoms with Gasteiger partial charge in [-0.1, -0.05) is 23.8 Å². The normalized spacial score (nSPS) is 12.5. The third-order valence-corrected chi connectivity index (χ3v) is 3.96. The van der Waals surface area contributed by atoms with Crippen LogP contribution in [0, 0.1) is 27.7 Å². The first-order valence-corrected chi connectivity index (χ1v) is 6.14. The molecule has 1 aliphatic carbocycles. The molecule has 0 bridgehead atoms. The first kappa shape index (κ1) is 10.5. The number of hydrogen-bond acceptors (Lipinski definition) is 1. The number of rotatable bonds is 0. The zero-order valence-corrected chi connectivity index (χ0v) is 10.9. The van der Waals surface area contributed by atoms with E-state index in [4.69, 9.17) is 4.98 Å². The molecule has 0 saturated carbocycles. The fourth-order valence-electron chi connectivity index (χ4n) is 2.80. The lowest BCUT2D eigenvalue weighted by atomic mass is 9.98. The maximum Gasteiger partial charge on any atom is 0.0532 e. The van der Waals surface area contributed by atoms with E-state index in [-0.39, 0.29) is 0 Å². The molecular weight excluding hydrogens is 206 g/mol. The third kappa shape index (κ3) is 1.42. The molecule has 1 aliphatic rings. The molecule has 0 spiro atoms. The maximum absolute atomic E-state index is 4.76. The molecule has 0 atom stereocenters. The summed E-state index contributed by atoms with van der Waals surface area (Å²) in [6, 6.07) is 6.74. The Morgan fingerprint density at radius 3 is 2.53 bits per heavy atom. The van der Waals surface area contributed by atoms with Crippen molar-refractivity contribution in [1.82, 2.24) is 4.98 Å². The van der Waals surface area contributed by atoms with Gasteiger partial charge < -0.3 is 0 Å². The summed E-state index contributed by atoms with van der Waals surface area (Å²) in [5.41, 5.74) is 10.7. The van der Waals surface area contributed by atoms with Crippen LogP contribution in [0.4, 0.5) is 0 Å². The molecule has 3 rings (SSSR count). The standard InChI is InChI=1S/C16H17N/c1-9-5-6-14-13(7-9)8-15-16(14)11(3)10(2)12(4)17-15/h5-7H,8H2,1-4H3. The quantitative estimate of drug-likeness (QED) is 0.563. The Morgan fingerprint density at radius 1 is 1.00 bits per heavy atom. The van der Waals surface area contributed by atoms with Crippen molar-refractivity contribution in [1.29, 1.82) is 0 Å². The highest BCUT2D eigenvalue weighted by atomic mass is 14.7. The van der Waals surface area contributed by atoms with Crippen LogP contribution < -0.4 is 0 Å². The number of nitrogens with zero attached hydrogens (tertiary/aromatic N) is 1. The summed E-state index contributed by atoms with van der Waals surface area (Å²) >= 11 is 0. The van der Waals surface area contributed by atoms with Gasteiger partial charge >= 0.3 is 0 Å². The van der Waals surface area contributed by atoms with Gasteiger partial charge in [0.15, 0.2) is 0 Å². The van der Waals surface area contributed by atoms with Crippen molar-refractivity contribution in [2.24, 2.45) is 0 Å². The smallest absolute Gasteiger partial charge is 0.0532 e. The molecule has 1 aromatic heterocycles. The van der Waals surface area contributed by atoms with Gasteiger partial charge in [-0.2, -0.15) is 0 Å². The van der Waals surface area contributed by atoms with Crippen LogP contribution >= 0.6 is 0 Å². The molecular formula is C16H17N. The summed E-state index contributed by atoms with van der Waals surface area (Å²) in [4.78, 5) is 4.76. The van der Waals surface area contributed by atoms with E-state index in [0.29, 0.717) is 0 Å². The van der Waals surface area contributed by atoms with Gasteiger partial charge in [0.25, 0.3) is 0 Å². The highest BCUT2D eigenvalue weighted by Gasteiger charge is 2.23. The van der Waals surface area contributed by atoms with Gasteiger partial charge in [-0.15, -0.1) is 0 Å². The molecule has 1 nitrogen and oxygen atoms in total. The molecule has 0 radical (unpaired) electrons. The van der Waals surface area contributed by atoms with Crippen LogP contribution in [0.15, 0.2) is 18.2 Å². The molecule has 0 saturated heterocycles. The van der Waals surface area contributed by atoms with Crippen LogP contribution in [-0.2, 0) is 6.42 Å². The lowest BCUT2D eigenvalue weighted by Gasteiger charge is -2.10. The summed E-state index contributed by atoms with van der Waals surface area (Å²) in [7, 11) is 0. The second kappa shape index (κ2) is 3.43. The fraction of sp³-hybridized carbons (Fsp3) is 0.312. The van der Waals surface area contributed by atoms with Crippen molar-refractivity contribution in [3.05, 3.63) is 51.8 Å². The van der Waals surface area contributed by atoms with Crippen molar-refractivity contribution in [3.63, 3.8) is 0 Å². The number of aromatic nitrogens is 1. The second-order valence-corrected chi connectivity index (χ2v) is 5.11. The monoisotopic (exact) mass is 223 g/mol. The molecule has 0 N–H and O–H groups in total. The minimum atomic E-state index is 0.994. The average Bonchev–Trinajstić information content (AvgIpc) is 2.63. The molecule has 17 heavy (non-hydrogen) atoms. The summed E-state index contributed by atoms with van der Waals surface area (Å²) in [5, 5.41) is 0. The lowest BCUT2D eigenvalue weighted by molar-refractivity contribution is 1.04.